The number of methoxy groups -OCH3 is 1. The lowest BCUT2D eigenvalue weighted by Gasteiger charge is -2.42. The number of benzene rings is 1. The molecule has 1 amide bonds. The van der Waals surface area contributed by atoms with Gasteiger partial charge in [0, 0.05) is 35.7 Å². The summed E-state index contributed by atoms with van der Waals surface area (Å²) in [5.74, 6) is 3.71. The average Bonchev–Trinajstić information content (AvgIpc) is 2.93. The number of hydrogen-bond donors (Lipinski definition) is 1. The monoisotopic (exact) mass is 492 g/mol. The zero-order valence-corrected chi connectivity index (χ0v) is 22.3. The van der Waals surface area contributed by atoms with Crippen molar-refractivity contribution in [2.24, 2.45) is 17.8 Å². The Kier molecular flexibility index (Phi) is 8.40. The van der Waals surface area contributed by atoms with Gasteiger partial charge >= 0.3 is 0 Å². The second-order valence-electron chi connectivity index (χ2n) is 11.5. The number of piperidine rings is 2. The molecular formula is C30H44N4O2. The summed E-state index contributed by atoms with van der Waals surface area (Å²) in [5.41, 5.74) is 2.03. The van der Waals surface area contributed by atoms with E-state index in [0.29, 0.717) is 11.8 Å². The van der Waals surface area contributed by atoms with Crippen molar-refractivity contribution in [2.45, 2.75) is 90.0 Å². The highest BCUT2D eigenvalue weighted by atomic mass is 16.5. The number of nitrogens with one attached hydrogen (secondary N) is 1. The topological polar surface area (TPSA) is 67.4 Å². The van der Waals surface area contributed by atoms with Gasteiger partial charge in [-0.1, -0.05) is 38.5 Å². The maximum Gasteiger partial charge on any atom is 0.226 e. The minimum atomic E-state index is 0.0673. The van der Waals surface area contributed by atoms with E-state index in [0.717, 1.165) is 66.2 Å². The van der Waals surface area contributed by atoms with Crippen LogP contribution in [0.1, 0.15) is 94.5 Å². The molecule has 36 heavy (non-hydrogen) atoms. The van der Waals surface area contributed by atoms with E-state index in [9.17, 15) is 4.79 Å². The second kappa shape index (κ2) is 11.9. The first-order valence-corrected chi connectivity index (χ1v) is 14.4. The first kappa shape index (κ1) is 25.4. The zero-order chi connectivity index (χ0) is 24.9. The maximum absolute atomic E-state index is 13.8. The molecule has 2 aromatic rings. The molecule has 3 aliphatic rings. The van der Waals surface area contributed by atoms with Crippen LogP contribution in [0, 0.1) is 24.7 Å². The third-order valence-electron chi connectivity index (χ3n) is 9.04. The molecule has 2 atom stereocenters. The number of nitrogens with zero attached hydrogens (tertiary/aromatic N) is 3. The van der Waals surface area contributed by atoms with Gasteiger partial charge in [-0.2, -0.15) is 0 Å². The Labute approximate surface area is 216 Å². The molecule has 1 aliphatic carbocycles. The highest BCUT2D eigenvalue weighted by molar-refractivity contribution is 5.82. The number of fused-ring (bicyclic) bond motifs is 1. The highest BCUT2D eigenvalue weighted by Crippen LogP contribution is 2.43. The summed E-state index contributed by atoms with van der Waals surface area (Å²) in [4.78, 5) is 25.1. The van der Waals surface area contributed by atoms with E-state index >= 15 is 0 Å². The zero-order valence-electron chi connectivity index (χ0n) is 22.3. The molecule has 2 unspecified atom stereocenters. The molecule has 6 nitrogen and oxygen atoms in total. The Balaban J connectivity index is 1.38. The first-order chi connectivity index (χ1) is 17.6. The summed E-state index contributed by atoms with van der Waals surface area (Å²) in [6, 6.07) is 4.30. The van der Waals surface area contributed by atoms with Gasteiger partial charge in [0.05, 0.1) is 18.7 Å². The van der Waals surface area contributed by atoms with Crippen LogP contribution in [-0.4, -0.2) is 47.5 Å². The van der Waals surface area contributed by atoms with Crippen LogP contribution in [0.2, 0.25) is 0 Å². The van der Waals surface area contributed by atoms with Crippen molar-refractivity contribution < 1.29 is 9.53 Å². The Morgan fingerprint density at radius 2 is 1.83 bits per heavy atom. The van der Waals surface area contributed by atoms with E-state index in [1.807, 2.05) is 19.2 Å². The number of hydrogen-bond acceptors (Lipinski definition) is 5. The number of likely N-dealkylation sites (tertiary alicyclic amines) is 1. The van der Waals surface area contributed by atoms with Gasteiger partial charge in [0.2, 0.25) is 5.91 Å². The second-order valence-corrected chi connectivity index (χ2v) is 11.5. The number of aryl methyl sites for hydroxylation is 1. The van der Waals surface area contributed by atoms with Gasteiger partial charge in [0.25, 0.3) is 0 Å². The minimum Gasteiger partial charge on any atom is -0.496 e. The third-order valence-corrected chi connectivity index (χ3v) is 9.04. The lowest BCUT2D eigenvalue weighted by Crippen LogP contribution is -2.44. The lowest BCUT2D eigenvalue weighted by atomic mass is 9.80. The van der Waals surface area contributed by atoms with Gasteiger partial charge in [-0.05, 0) is 76.4 Å². The molecule has 3 fully saturated rings. The number of carbonyl (C=O) groups excluding carboxylic acids is 1. The van der Waals surface area contributed by atoms with Gasteiger partial charge in [-0.3, -0.25) is 4.79 Å². The van der Waals surface area contributed by atoms with Crippen molar-refractivity contribution >= 4 is 16.8 Å². The van der Waals surface area contributed by atoms with Crippen LogP contribution >= 0.6 is 0 Å². The number of ether oxygens (including phenoxy) is 1. The summed E-state index contributed by atoms with van der Waals surface area (Å²) in [7, 11) is 1.74. The van der Waals surface area contributed by atoms with Crippen LogP contribution in [0.25, 0.3) is 10.9 Å². The normalized spacial score (nSPS) is 24.2. The Morgan fingerprint density at radius 3 is 2.61 bits per heavy atom. The smallest absolute Gasteiger partial charge is 0.226 e. The van der Waals surface area contributed by atoms with Gasteiger partial charge in [-0.15, -0.1) is 0 Å². The Hall–Kier alpha value is -2.21. The predicted octanol–water partition coefficient (Wildman–Crippen LogP) is 5.98. The van der Waals surface area contributed by atoms with Gasteiger partial charge < -0.3 is 15.0 Å². The molecule has 5 rings (SSSR count). The minimum absolute atomic E-state index is 0.0673. The fraction of sp³-hybridized carbons (Fsp3) is 0.700. The van der Waals surface area contributed by atoms with E-state index in [4.69, 9.17) is 4.74 Å². The van der Waals surface area contributed by atoms with Crippen LogP contribution in [0.4, 0.5) is 0 Å². The molecule has 3 heterocycles. The van der Waals surface area contributed by atoms with Crippen molar-refractivity contribution in [2.75, 3.05) is 26.7 Å². The number of carbonyl (C=O) groups is 1. The molecule has 1 aromatic carbocycles. The molecule has 6 heteroatoms. The summed E-state index contributed by atoms with van der Waals surface area (Å²) in [6.07, 6.45) is 16.4. The first-order valence-electron chi connectivity index (χ1n) is 14.4. The fourth-order valence-corrected chi connectivity index (χ4v) is 6.92. The van der Waals surface area contributed by atoms with Crippen LogP contribution in [0.3, 0.4) is 0 Å². The van der Waals surface area contributed by atoms with Gasteiger partial charge in [0.15, 0.2) is 0 Å². The molecule has 0 radical (unpaired) electrons. The van der Waals surface area contributed by atoms with E-state index in [1.165, 1.54) is 64.5 Å². The number of amides is 1. The largest absolute Gasteiger partial charge is 0.496 e. The van der Waals surface area contributed by atoms with E-state index in [-0.39, 0.29) is 12.0 Å². The summed E-state index contributed by atoms with van der Waals surface area (Å²) < 4.78 is 5.91. The highest BCUT2D eigenvalue weighted by Gasteiger charge is 2.37. The van der Waals surface area contributed by atoms with E-state index < -0.39 is 0 Å². The van der Waals surface area contributed by atoms with Crippen LogP contribution in [0.5, 0.6) is 5.75 Å². The quantitative estimate of drug-likeness (QED) is 0.515. The molecule has 1 saturated carbocycles. The Bertz CT molecular complexity index is 1030. The molecule has 2 aliphatic heterocycles. The van der Waals surface area contributed by atoms with Crippen molar-refractivity contribution in [3.05, 3.63) is 29.7 Å². The summed E-state index contributed by atoms with van der Waals surface area (Å²) in [5, 5.41) is 4.51. The maximum atomic E-state index is 13.8. The molecule has 0 bridgehead atoms. The SMILES string of the molecule is COc1cc2nc(C)ncc2cc1C1CC(CCCC2CCNCC2)CCN1C(=O)C1CCCCC1. The number of rotatable bonds is 7. The Morgan fingerprint density at radius 1 is 1.06 bits per heavy atom. The van der Waals surface area contributed by atoms with Crippen molar-refractivity contribution in [3.8, 4) is 5.75 Å². The fourth-order valence-electron chi connectivity index (χ4n) is 6.92. The lowest BCUT2D eigenvalue weighted by molar-refractivity contribution is -0.141. The van der Waals surface area contributed by atoms with Crippen LogP contribution in [0.15, 0.2) is 18.3 Å². The number of aromatic nitrogens is 2. The molecule has 0 spiro atoms. The van der Waals surface area contributed by atoms with Crippen molar-refractivity contribution in [1.29, 1.82) is 0 Å². The average molecular weight is 493 g/mol. The van der Waals surface area contributed by atoms with Crippen molar-refractivity contribution in [3.63, 3.8) is 0 Å². The molecule has 1 N–H and O–H groups in total. The van der Waals surface area contributed by atoms with Crippen LogP contribution in [-0.2, 0) is 4.79 Å². The molecule has 1 aromatic heterocycles. The predicted molar refractivity (Wildman–Crippen MR) is 144 cm³/mol. The molecule has 196 valence electrons. The van der Waals surface area contributed by atoms with Gasteiger partial charge in [0.1, 0.15) is 11.6 Å². The standard InChI is InChI=1S/C30H44N4O2/c1-21-32-20-25-18-26(29(36-2)19-27(25)33-21)28-17-23(8-6-7-22-11-14-31-15-12-22)13-16-34(28)30(35)24-9-4-3-5-10-24/h18-20,22-24,28,31H,3-17H2,1-2H3. The van der Waals surface area contributed by atoms with Crippen molar-refractivity contribution in [1.82, 2.24) is 20.2 Å². The van der Waals surface area contributed by atoms with Gasteiger partial charge in [-0.25, -0.2) is 9.97 Å². The summed E-state index contributed by atoms with van der Waals surface area (Å²) >= 11 is 0. The summed E-state index contributed by atoms with van der Waals surface area (Å²) in [6.45, 7) is 5.14. The van der Waals surface area contributed by atoms with Crippen LogP contribution < -0.4 is 10.1 Å². The van der Waals surface area contributed by atoms with E-state index in [1.54, 1.807) is 7.11 Å². The molecular weight excluding hydrogens is 448 g/mol. The third kappa shape index (κ3) is 5.85. The molecule has 2 saturated heterocycles. The van der Waals surface area contributed by atoms with E-state index in [2.05, 4.69) is 26.3 Å².